The van der Waals surface area contributed by atoms with Gasteiger partial charge in [-0.3, -0.25) is 4.68 Å². The van der Waals surface area contributed by atoms with Crippen LogP contribution in [0.5, 0.6) is 0 Å². The number of nitrogens with zero attached hydrogens (tertiary/aromatic N) is 3. The maximum absolute atomic E-state index is 4.27. The van der Waals surface area contributed by atoms with Crippen molar-refractivity contribution in [2.24, 2.45) is 0 Å². The summed E-state index contributed by atoms with van der Waals surface area (Å²) in [4.78, 5) is 4.05. The van der Waals surface area contributed by atoms with Crippen molar-refractivity contribution in [3.8, 4) is 11.1 Å². The fourth-order valence-corrected chi connectivity index (χ4v) is 5.40. The molecule has 21 heavy (non-hydrogen) atoms. The van der Waals surface area contributed by atoms with E-state index < -0.39 is 8.07 Å². The van der Waals surface area contributed by atoms with Crippen molar-refractivity contribution in [3.63, 3.8) is 0 Å². The lowest BCUT2D eigenvalue weighted by atomic mass is 10.1. The zero-order valence-corrected chi connectivity index (χ0v) is 13.4. The van der Waals surface area contributed by atoms with Crippen LogP contribution in [-0.4, -0.2) is 22.8 Å². The smallest absolute Gasteiger partial charge is 0.137 e. The van der Waals surface area contributed by atoms with E-state index >= 15 is 0 Å². The fraction of sp³-hybridized carbons (Fsp3) is 0.176. The lowest BCUT2D eigenvalue weighted by molar-refractivity contribution is 0.725. The van der Waals surface area contributed by atoms with Gasteiger partial charge < -0.3 is 0 Å². The van der Waals surface area contributed by atoms with Gasteiger partial charge in [-0.2, -0.15) is 5.10 Å². The van der Waals surface area contributed by atoms with Gasteiger partial charge in [0.1, 0.15) is 20.7 Å². The summed E-state index contributed by atoms with van der Waals surface area (Å²) in [5, 5.41) is 5.73. The highest BCUT2D eigenvalue weighted by Gasteiger charge is 2.27. The molecule has 0 spiro atoms. The summed E-state index contributed by atoms with van der Waals surface area (Å²) in [7, 11) is -1.65. The van der Waals surface area contributed by atoms with E-state index in [-0.39, 0.29) is 0 Å². The fourth-order valence-electron chi connectivity index (χ4n) is 2.75. The molecule has 0 atom stereocenters. The minimum absolute atomic E-state index is 0.941. The Hall–Kier alpha value is -2.20. The summed E-state index contributed by atoms with van der Waals surface area (Å²) in [5.41, 5.74) is 2.63. The molecule has 2 aromatic carbocycles. The van der Waals surface area contributed by atoms with E-state index in [1.165, 1.54) is 16.3 Å². The number of benzene rings is 2. The van der Waals surface area contributed by atoms with Crippen LogP contribution in [0.2, 0.25) is 13.1 Å². The molecule has 3 nitrogen and oxygen atoms in total. The van der Waals surface area contributed by atoms with Gasteiger partial charge in [-0.15, -0.1) is 0 Å². The third-order valence-corrected chi connectivity index (χ3v) is 6.77. The molecule has 0 fully saturated rings. The Labute approximate surface area is 126 Å². The minimum Gasteiger partial charge on any atom is -0.256 e. The predicted molar refractivity (Wildman–Crippen MR) is 89.0 cm³/mol. The molecule has 106 valence electrons. The first-order valence-corrected chi connectivity index (χ1v) is 10.3. The standard InChI is InChI=1S/C17H19N3Si/c1-21(2,14-20-13-18-12-19-20)17-11-7-6-10-16(17)15-8-4-3-5-9-15/h3-13H,14H2,1-2H3. The highest BCUT2D eigenvalue weighted by molar-refractivity contribution is 6.89. The Bertz CT molecular complexity index is 706. The zero-order chi connectivity index (χ0) is 14.7. The molecule has 4 heteroatoms. The molecule has 0 aliphatic carbocycles. The maximum Gasteiger partial charge on any atom is 0.137 e. The highest BCUT2D eigenvalue weighted by atomic mass is 28.3. The van der Waals surface area contributed by atoms with Crippen LogP contribution < -0.4 is 5.19 Å². The first-order valence-electron chi connectivity index (χ1n) is 7.14. The van der Waals surface area contributed by atoms with E-state index in [2.05, 4.69) is 77.8 Å². The van der Waals surface area contributed by atoms with Crippen LogP contribution in [0.15, 0.2) is 67.3 Å². The van der Waals surface area contributed by atoms with Crippen LogP contribution in [0, 0.1) is 0 Å². The molecule has 0 amide bonds. The lowest BCUT2D eigenvalue weighted by Crippen LogP contribution is -2.47. The lowest BCUT2D eigenvalue weighted by Gasteiger charge is -2.25. The van der Waals surface area contributed by atoms with Crippen molar-refractivity contribution >= 4 is 13.3 Å². The number of rotatable bonds is 4. The molecule has 1 heterocycles. The molecule has 0 saturated heterocycles. The Kier molecular flexibility index (Phi) is 3.71. The van der Waals surface area contributed by atoms with Crippen molar-refractivity contribution in [1.29, 1.82) is 0 Å². The van der Waals surface area contributed by atoms with Crippen molar-refractivity contribution in [2.75, 3.05) is 0 Å². The van der Waals surface area contributed by atoms with E-state index in [0.29, 0.717) is 0 Å². The van der Waals surface area contributed by atoms with Gasteiger partial charge in [-0.05, 0) is 11.1 Å². The van der Waals surface area contributed by atoms with E-state index in [1.807, 2.05) is 4.68 Å². The van der Waals surface area contributed by atoms with E-state index in [4.69, 9.17) is 0 Å². The van der Waals surface area contributed by atoms with Gasteiger partial charge in [0.15, 0.2) is 0 Å². The van der Waals surface area contributed by atoms with Crippen LogP contribution in [-0.2, 0) is 6.17 Å². The first-order chi connectivity index (χ1) is 10.2. The number of hydrogen-bond acceptors (Lipinski definition) is 2. The van der Waals surface area contributed by atoms with Crippen LogP contribution in [0.4, 0.5) is 0 Å². The quantitative estimate of drug-likeness (QED) is 0.692. The average Bonchev–Trinajstić information content (AvgIpc) is 3.00. The summed E-state index contributed by atoms with van der Waals surface area (Å²) in [5.74, 6) is 0. The Morgan fingerprint density at radius 2 is 1.67 bits per heavy atom. The van der Waals surface area contributed by atoms with Crippen LogP contribution in [0.25, 0.3) is 11.1 Å². The van der Waals surface area contributed by atoms with Gasteiger partial charge >= 0.3 is 0 Å². The highest BCUT2D eigenvalue weighted by Crippen LogP contribution is 2.20. The number of hydrogen-bond donors (Lipinski definition) is 0. The molecular formula is C17H19N3Si. The second-order valence-electron chi connectivity index (χ2n) is 5.89. The molecule has 3 aromatic rings. The molecule has 1 aromatic heterocycles. The first kappa shape index (κ1) is 13.8. The largest absolute Gasteiger partial charge is 0.256 e. The summed E-state index contributed by atoms with van der Waals surface area (Å²) in [6.45, 7) is 4.77. The van der Waals surface area contributed by atoms with Gasteiger partial charge in [0.2, 0.25) is 0 Å². The molecule has 0 N–H and O–H groups in total. The molecule has 0 unspecified atom stereocenters. The van der Waals surface area contributed by atoms with Gasteiger partial charge in [0.05, 0.1) is 0 Å². The third-order valence-electron chi connectivity index (χ3n) is 3.76. The van der Waals surface area contributed by atoms with Gasteiger partial charge in [-0.25, -0.2) is 4.98 Å². The van der Waals surface area contributed by atoms with Gasteiger partial charge in [0, 0.05) is 6.17 Å². The monoisotopic (exact) mass is 293 g/mol. The van der Waals surface area contributed by atoms with Crippen LogP contribution in [0.1, 0.15) is 0 Å². The van der Waals surface area contributed by atoms with Crippen LogP contribution in [0.3, 0.4) is 0 Å². The minimum atomic E-state index is -1.65. The van der Waals surface area contributed by atoms with Crippen LogP contribution >= 0.6 is 0 Å². The molecular weight excluding hydrogens is 274 g/mol. The summed E-state index contributed by atoms with van der Waals surface area (Å²) < 4.78 is 1.95. The van der Waals surface area contributed by atoms with Crippen molar-refractivity contribution in [1.82, 2.24) is 14.8 Å². The van der Waals surface area contributed by atoms with Crippen molar-refractivity contribution in [3.05, 3.63) is 67.3 Å². The zero-order valence-electron chi connectivity index (χ0n) is 12.4. The third kappa shape index (κ3) is 2.95. The van der Waals surface area contributed by atoms with E-state index in [0.717, 1.165) is 6.17 Å². The normalized spacial score (nSPS) is 11.5. The van der Waals surface area contributed by atoms with E-state index in [1.54, 1.807) is 12.7 Å². The SMILES string of the molecule is C[Si](C)(Cn1cncn1)c1ccccc1-c1ccccc1. The summed E-state index contributed by atoms with van der Waals surface area (Å²) >= 11 is 0. The van der Waals surface area contributed by atoms with Crippen molar-refractivity contribution < 1.29 is 0 Å². The Morgan fingerprint density at radius 1 is 0.952 bits per heavy atom. The molecule has 0 aliphatic rings. The summed E-state index contributed by atoms with van der Waals surface area (Å²) in [6.07, 6.45) is 4.35. The maximum atomic E-state index is 4.27. The number of aromatic nitrogens is 3. The average molecular weight is 293 g/mol. The Balaban J connectivity index is 2.02. The molecule has 0 saturated carbocycles. The van der Waals surface area contributed by atoms with Gasteiger partial charge in [0.25, 0.3) is 0 Å². The molecule has 0 bridgehead atoms. The molecule has 3 rings (SSSR count). The molecule has 0 aliphatic heterocycles. The Morgan fingerprint density at radius 3 is 2.38 bits per heavy atom. The second-order valence-corrected chi connectivity index (χ2v) is 10.5. The van der Waals surface area contributed by atoms with E-state index in [9.17, 15) is 0 Å². The predicted octanol–water partition coefficient (Wildman–Crippen LogP) is 3.10. The second kappa shape index (κ2) is 5.66. The van der Waals surface area contributed by atoms with Gasteiger partial charge in [-0.1, -0.05) is 72.9 Å². The topological polar surface area (TPSA) is 30.7 Å². The van der Waals surface area contributed by atoms with Crippen molar-refractivity contribution in [2.45, 2.75) is 19.3 Å². The summed E-state index contributed by atoms with van der Waals surface area (Å²) in [6, 6.07) is 19.4. The molecule has 0 radical (unpaired) electrons.